The first kappa shape index (κ1) is 43.8. The van der Waals surface area contributed by atoms with Gasteiger partial charge in [0.25, 0.3) is 0 Å². The van der Waals surface area contributed by atoms with E-state index in [-0.39, 0.29) is 50.1 Å². The Morgan fingerprint density at radius 1 is 0.768 bits per heavy atom. The Balaban J connectivity index is 2.00. The van der Waals surface area contributed by atoms with Gasteiger partial charge in [0, 0.05) is 32.5 Å². The summed E-state index contributed by atoms with van der Waals surface area (Å²) in [6.45, 7) is 5.18. The Kier molecular flexibility index (Phi) is 16.7. The van der Waals surface area contributed by atoms with Crippen LogP contribution in [0.5, 0.6) is 0 Å². The molecular formula is C38H51FN12O5. The monoisotopic (exact) mass is 774 g/mol. The van der Waals surface area contributed by atoms with E-state index in [1.165, 1.54) is 48.5 Å². The number of nitrogens with one attached hydrogen (secondary N) is 3. The normalized spacial score (nSPS) is 12.9. The smallest absolute Gasteiger partial charge is 0.244 e. The minimum atomic E-state index is -1.30. The fourth-order valence-electron chi connectivity index (χ4n) is 5.83. The van der Waals surface area contributed by atoms with Crippen LogP contribution in [0.3, 0.4) is 0 Å². The largest absolute Gasteiger partial charge is 0.370 e. The van der Waals surface area contributed by atoms with Crippen LogP contribution in [-0.2, 0) is 36.8 Å². The number of nitrogens with zero attached hydrogens (tertiary/aromatic N) is 4. The number of benzene rings is 2. The number of hydrogen-bond donors (Lipinski definition) is 8. The molecule has 0 aliphatic rings. The van der Waals surface area contributed by atoms with Gasteiger partial charge in [0.1, 0.15) is 30.0 Å². The quantitative estimate of drug-likeness (QED) is 0.0443. The summed E-state index contributed by atoms with van der Waals surface area (Å²) in [6, 6.07) is 10.5. The van der Waals surface area contributed by atoms with Gasteiger partial charge in [-0.25, -0.2) is 9.38 Å². The summed E-state index contributed by atoms with van der Waals surface area (Å²) >= 11 is 0. The highest BCUT2D eigenvalue weighted by Crippen LogP contribution is 2.21. The van der Waals surface area contributed by atoms with Crippen molar-refractivity contribution in [2.24, 2.45) is 44.6 Å². The summed E-state index contributed by atoms with van der Waals surface area (Å²) in [5.74, 6) is -4.25. The van der Waals surface area contributed by atoms with Crippen molar-refractivity contribution in [2.75, 3.05) is 11.4 Å². The second-order valence-electron chi connectivity index (χ2n) is 13.5. The number of rotatable bonds is 20. The van der Waals surface area contributed by atoms with E-state index in [0.717, 1.165) is 0 Å². The summed E-state index contributed by atoms with van der Waals surface area (Å²) in [7, 11) is 0. The van der Waals surface area contributed by atoms with Gasteiger partial charge in [-0.15, -0.1) is 0 Å². The fraction of sp³-hybridized carbons (Fsp3) is 0.368. The van der Waals surface area contributed by atoms with E-state index in [4.69, 9.17) is 28.7 Å². The average molecular weight is 775 g/mol. The van der Waals surface area contributed by atoms with E-state index in [1.807, 2.05) is 13.8 Å². The Hall–Kier alpha value is -6.59. The van der Waals surface area contributed by atoms with Gasteiger partial charge in [-0.05, 0) is 72.7 Å². The first-order chi connectivity index (χ1) is 26.5. The fourth-order valence-corrected chi connectivity index (χ4v) is 5.83. The molecule has 3 rings (SSSR count). The van der Waals surface area contributed by atoms with Crippen LogP contribution in [0.4, 0.5) is 15.8 Å². The Morgan fingerprint density at radius 2 is 1.36 bits per heavy atom. The molecule has 0 aliphatic heterocycles. The van der Waals surface area contributed by atoms with Crippen LogP contribution >= 0.6 is 0 Å². The van der Waals surface area contributed by atoms with E-state index in [2.05, 4.69) is 30.9 Å². The standard InChI is InChI=1S/C38H51FN12O5/c1-22(2)18-30(34(54)48-29(33(40)53)7-5-17-46-37(41)42)49-35(55)31(19-24-10-14-27(15-11-24)47-38(43)44)50-36(56)32(20-25-8-12-26(39)13-9-25)51(23(3)52)28-6-4-16-45-21-28/h4,6,8-16,21-22,29-32H,5,7,17-20H2,1-3H3,(H2,40,53)(H,48,54)(H,49,55)(H,50,56)(H4,41,42,46)(H4,43,44,47)/t29-,30-,31-,32-/m0/s1. The molecule has 0 saturated carbocycles. The number of aromatic nitrogens is 1. The van der Waals surface area contributed by atoms with Gasteiger partial charge in [-0.3, -0.25) is 38.8 Å². The lowest BCUT2D eigenvalue weighted by Crippen LogP contribution is -2.59. The molecule has 0 fully saturated rings. The number of primary amides is 1. The lowest BCUT2D eigenvalue weighted by molar-refractivity contribution is -0.134. The summed E-state index contributed by atoms with van der Waals surface area (Å²) in [5.41, 5.74) is 29.2. The van der Waals surface area contributed by atoms with Crippen LogP contribution in [0, 0.1) is 11.7 Å². The lowest BCUT2D eigenvalue weighted by atomic mass is 9.99. The third kappa shape index (κ3) is 14.3. The molecule has 56 heavy (non-hydrogen) atoms. The van der Waals surface area contributed by atoms with E-state index >= 15 is 0 Å². The van der Waals surface area contributed by atoms with Crippen molar-refractivity contribution in [2.45, 2.75) is 77.0 Å². The molecule has 300 valence electrons. The van der Waals surface area contributed by atoms with E-state index in [9.17, 15) is 28.4 Å². The number of nitrogens with two attached hydrogens (primary N) is 5. The molecule has 13 N–H and O–H groups in total. The number of amides is 5. The second-order valence-corrected chi connectivity index (χ2v) is 13.5. The van der Waals surface area contributed by atoms with E-state index < -0.39 is 59.5 Å². The molecule has 2 aromatic carbocycles. The van der Waals surface area contributed by atoms with Gasteiger partial charge < -0.3 is 44.6 Å². The van der Waals surface area contributed by atoms with Crippen molar-refractivity contribution in [1.29, 1.82) is 0 Å². The lowest BCUT2D eigenvalue weighted by Gasteiger charge is -2.32. The van der Waals surface area contributed by atoms with Crippen LogP contribution in [-0.4, -0.2) is 77.2 Å². The molecule has 1 heterocycles. The van der Waals surface area contributed by atoms with Gasteiger partial charge in [-0.1, -0.05) is 38.1 Å². The van der Waals surface area contributed by atoms with Crippen LogP contribution in [0.15, 0.2) is 83.0 Å². The molecule has 0 saturated heterocycles. The highest BCUT2D eigenvalue weighted by Gasteiger charge is 2.34. The van der Waals surface area contributed by atoms with Crippen molar-refractivity contribution in [1.82, 2.24) is 20.9 Å². The van der Waals surface area contributed by atoms with Gasteiger partial charge in [0.15, 0.2) is 11.9 Å². The molecule has 0 aliphatic carbocycles. The molecule has 18 heteroatoms. The minimum absolute atomic E-state index is 0.0573. The highest BCUT2D eigenvalue weighted by atomic mass is 19.1. The summed E-state index contributed by atoms with van der Waals surface area (Å²) in [6.07, 6.45) is 3.43. The number of carbonyl (C=O) groups excluding carboxylic acids is 5. The van der Waals surface area contributed by atoms with Crippen LogP contribution in [0.25, 0.3) is 0 Å². The van der Waals surface area contributed by atoms with Crippen molar-refractivity contribution < 1.29 is 28.4 Å². The van der Waals surface area contributed by atoms with Gasteiger partial charge in [-0.2, -0.15) is 0 Å². The zero-order chi connectivity index (χ0) is 41.4. The van der Waals surface area contributed by atoms with Crippen LogP contribution in [0.1, 0.15) is 51.2 Å². The Bertz CT molecular complexity index is 1850. The number of anilines is 1. The van der Waals surface area contributed by atoms with Crippen LogP contribution in [0.2, 0.25) is 0 Å². The number of carbonyl (C=O) groups is 5. The predicted octanol–water partition coefficient (Wildman–Crippen LogP) is 0.372. The molecule has 0 spiro atoms. The molecule has 0 radical (unpaired) electrons. The van der Waals surface area contributed by atoms with Crippen molar-refractivity contribution >= 4 is 52.8 Å². The SMILES string of the molecule is CC(=O)N(c1cccnc1)[C@@H](Cc1ccc(F)cc1)C(=O)N[C@@H](Cc1ccc(N=C(N)N)cc1)C(=O)N[C@@H](CC(C)C)C(=O)N[C@@H](CCCN=C(N)N)C(N)=O. The molecule has 4 atom stereocenters. The molecule has 17 nitrogen and oxygen atoms in total. The van der Waals surface area contributed by atoms with Gasteiger partial charge in [0.05, 0.1) is 17.6 Å². The molecule has 3 aromatic rings. The first-order valence-electron chi connectivity index (χ1n) is 17.9. The minimum Gasteiger partial charge on any atom is -0.370 e. The van der Waals surface area contributed by atoms with Crippen molar-refractivity contribution in [3.8, 4) is 0 Å². The van der Waals surface area contributed by atoms with Gasteiger partial charge in [0.2, 0.25) is 29.5 Å². The number of halogens is 1. The topological polar surface area (TPSA) is 292 Å². The van der Waals surface area contributed by atoms with E-state index in [0.29, 0.717) is 28.9 Å². The molecular weight excluding hydrogens is 723 g/mol. The summed E-state index contributed by atoms with van der Waals surface area (Å²) in [4.78, 5) is 81.0. The first-order valence-corrected chi connectivity index (χ1v) is 17.9. The number of hydrogen-bond acceptors (Lipinski definition) is 8. The van der Waals surface area contributed by atoms with Crippen molar-refractivity contribution in [3.05, 3.63) is 90.0 Å². The van der Waals surface area contributed by atoms with Crippen molar-refractivity contribution in [3.63, 3.8) is 0 Å². The maximum absolute atomic E-state index is 14.4. The molecule has 0 unspecified atom stereocenters. The highest BCUT2D eigenvalue weighted by molar-refractivity contribution is 6.01. The Morgan fingerprint density at radius 3 is 1.91 bits per heavy atom. The average Bonchev–Trinajstić information content (AvgIpc) is 3.13. The summed E-state index contributed by atoms with van der Waals surface area (Å²) in [5, 5.41) is 8.19. The Labute approximate surface area is 324 Å². The molecule has 0 bridgehead atoms. The maximum atomic E-state index is 14.4. The number of aliphatic imine (C=N–C) groups is 2. The summed E-state index contributed by atoms with van der Waals surface area (Å²) < 4.78 is 13.9. The third-order valence-electron chi connectivity index (χ3n) is 8.43. The zero-order valence-corrected chi connectivity index (χ0v) is 31.7. The molecule has 5 amide bonds. The second kappa shape index (κ2) is 21.3. The predicted molar refractivity (Wildman–Crippen MR) is 211 cm³/mol. The molecule has 1 aromatic heterocycles. The number of guanidine groups is 2. The van der Waals surface area contributed by atoms with E-state index in [1.54, 1.807) is 36.4 Å². The number of pyridine rings is 1. The maximum Gasteiger partial charge on any atom is 0.244 e. The van der Waals surface area contributed by atoms with Gasteiger partial charge >= 0.3 is 0 Å². The zero-order valence-electron chi connectivity index (χ0n) is 31.7. The third-order valence-corrected chi connectivity index (χ3v) is 8.43. The van der Waals surface area contributed by atoms with Crippen LogP contribution < -0.4 is 49.5 Å².